The zero-order valence-corrected chi connectivity index (χ0v) is 15.7. The highest BCUT2D eigenvalue weighted by atomic mass is 16.6. The first-order valence-corrected chi connectivity index (χ1v) is 8.85. The minimum atomic E-state index is -0.768. The molecule has 1 heterocycles. The first-order valence-electron chi connectivity index (χ1n) is 8.85. The van der Waals surface area contributed by atoms with Crippen LogP contribution in [-0.2, 0) is 14.3 Å². The summed E-state index contributed by atoms with van der Waals surface area (Å²) in [5, 5.41) is 22.9. The Morgan fingerprint density at radius 2 is 2.14 bits per heavy atom. The van der Waals surface area contributed by atoms with E-state index in [1.807, 2.05) is 0 Å². The highest BCUT2D eigenvalue weighted by molar-refractivity contribution is 5.98. The number of nitrogens with zero attached hydrogens (tertiary/aromatic N) is 2. The number of likely N-dealkylation sites (tertiary alicyclic amines) is 1. The Bertz CT molecular complexity index is 780. The largest absolute Gasteiger partial charge is 0.464 e. The van der Waals surface area contributed by atoms with Gasteiger partial charge in [-0.05, 0) is 31.9 Å². The number of carbonyl (C=O) groups is 3. The molecule has 10 nitrogen and oxygen atoms in total. The van der Waals surface area contributed by atoms with Crippen molar-refractivity contribution >= 4 is 23.5 Å². The summed E-state index contributed by atoms with van der Waals surface area (Å²) in [6.07, 6.45) is 1.08. The van der Waals surface area contributed by atoms with E-state index in [-0.39, 0.29) is 17.9 Å². The van der Waals surface area contributed by atoms with Crippen molar-refractivity contribution in [2.24, 2.45) is 0 Å². The van der Waals surface area contributed by atoms with Gasteiger partial charge in [0.1, 0.15) is 12.6 Å². The number of hydrogen-bond donors (Lipinski definition) is 2. The molecule has 2 N–H and O–H groups in total. The molecule has 1 aliphatic rings. The lowest BCUT2D eigenvalue weighted by atomic mass is 10.1. The standard InChI is InChI=1S/C18H23N3O7/c1-11-8-13(5-6-15(11)21(26)27)18(25)20-7-3-4-16(20)17(24)19-14(9-22)10-28-12(2)23/h5-6,8,14,16,22H,3-4,7,9-10H2,1-2H3,(H,19,24)/t14-,16+/m1/s1. The summed E-state index contributed by atoms with van der Waals surface area (Å²) in [5.74, 6) is -1.37. The number of aryl methyl sites for hydroxylation is 1. The number of hydrogen-bond acceptors (Lipinski definition) is 7. The number of nitrogens with one attached hydrogen (secondary N) is 1. The average Bonchev–Trinajstić information content (AvgIpc) is 3.13. The fraction of sp³-hybridized carbons (Fsp3) is 0.500. The van der Waals surface area contributed by atoms with Crippen LogP contribution in [0.1, 0.15) is 35.7 Å². The lowest BCUT2D eigenvalue weighted by molar-refractivity contribution is -0.385. The van der Waals surface area contributed by atoms with E-state index in [0.717, 1.165) is 0 Å². The fourth-order valence-electron chi connectivity index (χ4n) is 3.10. The monoisotopic (exact) mass is 393 g/mol. The Kier molecular flexibility index (Phi) is 7.05. The van der Waals surface area contributed by atoms with Crippen molar-refractivity contribution in [2.75, 3.05) is 19.8 Å². The van der Waals surface area contributed by atoms with Crippen LogP contribution in [-0.4, -0.2) is 64.6 Å². The molecular weight excluding hydrogens is 370 g/mol. The van der Waals surface area contributed by atoms with Crippen LogP contribution in [0.4, 0.5) is 5.69 Å². The molecule has 2 rings (SSSR count). The van der Waals surface area contributed by atoms with Crippen molar-refractivity contribution in [1.29, 1.82) is 0 Å². The number of aliphatic hydroxyl groups is 1. The normalized spacial score (nSPS) is 17.1. The van der Waals surface area contributed by atoms with Gasteiger partial charge in [-0.15, -0.1) is 0 Å². The molecule has 1 aromatic rings. The van der Waals surface area contributed by atoms with Crippen molar-refractivity contribution in [3.8, 4) is 0 Å². The SMILES string of the molecule is CC(=O)OC[C@@H](CO)NC(=O)[C@@H]1CCCN1C(=O)c1ccc([N+](=O)[O-])c(C)c1. The number of aliphatic hydroxyl groups excluding tert-OH is 1. The first-order chi connectivity index (χ1) is 13.2. The van der Waals surface area contributed by atoms with Gasteiger partial charge in [-0.3, -0.25) is 24.5 Å². The first kappa shape index (κ1) is 21.3. The highest BCUT2D eigenvalue weighted by Crippen LogP contribution is 2.24. The maximum Gasteiger partial charge on any atom is 0.302 e. The summed E-state index contributed by atoms with van der Waals surface area (Å²) in [4.78, 5) is 48.1. The Labute approximate surface area is 161 Å². The average molecular weight is 393 g/mol. The fourth-order valence-corrected chi connectivity index (χ4v) is 3.10. The van der Waals surface area contributed by atoms with E-state index >= 15 is 0 Å². The Morgan fingerprint density at radius 1 is 1.43 bits per heavy atom. The third kappa shape index (κ3) is 5.03. The van der Waals surface area contributed by atoms with Gasteiger partial charge in [0.2, 0.25) is 5.91 Å². The van der Waals surface area contributed by atoms with Crippen LogP contribution in [0.5, 0.6) is 0 Å². The number of carbonyl (C=O) groups excluding carboxylic acids is 3. The van der Waals surface area contributed by atoms with Crippen molar-refractivity contribution in [3.63, 3.8) is 0 Å². The second-order valence-corrected chi connectivity index (χ2v) is 6.61. The van der Waals surface area contributed by atoms with Gasteiger partial charge in [0.05, 0.1) is 17.6 Å². The van der Waals surface area contributed by atoms with Crippen LogP contribution in [0.25, 0.3) is 0 Å². The number of amides is 2. The number of rotatable bonds is 7. The van der Waals surface area contributed by atoms with E-state index in [9.17, 15) is 29.6 Å². The molecule has 1 fully saturated rings. The second-order valence-electron chi connectivity index (χ2n) is 6.61. The molecule has 1 aromatic carbocycles. The van der Waals surface area contributed by atoms with Gasteiger partial charge < -0.3 is 20.1 Å². The summed E-state index contributed by atoms with van der Waals surface area (Å²) in [5.41, 5.74) is 0.544. The van der Waals surface area contributed by atoms with E-state index in [4.69, 9.17) is 4.74 Å². The molecule has 2 amide bonds. The van der Waals surface area contributed by atoms with Crippen molar-refractivity contribution in [1.82, 2.24) is 10.2 Å². The predicted molar refractivity (Wildman–Crippen MR) is 97.5 cm³/mol. The molecule has 0 spiro atoms. The van der Waals surface area contributed by atoms with Crippen LogP contribution in [0, 0.1) is 17.0 Å². The van der Waals surface area contributed by atoms with Gasteiger partial charge in [0.15, 0.2) is 0 Å². The second kappa shape index (κ2) is 9.27. The molecule has 0 bridgehead atoms. The number of nitro benzene ring substituents is 1. The lowest BCUT2D eigenvalue weighted by Crippen LogP contribution is -2.51. The summed E-state index contributed by atoms with van der Waals surface area (Å²) in [6.45, 7) is 2.56. The quantitative estimate of drug-likeness (QED) is 0.392. The highest BCUT2D eigenvalue weighted by Gasteiger charge is 2.35. The van der Waals surface area contributed by atoms with E-state index in [0.29, 0.717) is 24.9 Å². The van der Waals surface area contributed by atoms with Crippen LogP contribution >= 0.6 is 0 Å². The summed E-state index contributed by atoms with van der Waals surface area (Å²) in [6, 6.07) is 2.59. The van der Waals surface area contributed by atoms with Crippen LogP contribution in [0.3, 0.4) is 0 Å². The third-order valence-electron chi connectivity index (χ3n) is 4.51. The van der Waals surface area contributed by atoms with E-state index in [1.165, 1.54) is 30.0 Å². The Balaban J connectivity index is 2.09. The third-order valence-corrected chi connectivity index (χ3v) is 4.51. The van der Waals surface area contributed by atoms with Crippen LogP contribution < -0.4 is 5.32 Å². The lowest BCUT2D eigenvalue weighted by Gasteiger charge is -2.26. The number of nitro groups is 1. The number of esters is 1. The number of benzene rings is 1. The van der Waals surface area contributed by atoms with Crippen molar-refractivity contribution in [3.05, 3.63) is 39.4 Å². The molecule has 0 unspecified atom stereocenters. The molecule has 0 aliphatic carbocycles. The van der Waals surface area contributed by atoms with E-state index < -0.39 is 41.4 Å². The molecule has 152 valence electrons. The summed E-state index contributed by atoms with van der Waals surface area (Å²) < 4.78 is 4.80. The molecule has 10 heteroatoms. The minimum Gasteiger partial charge on any atom is -0.464 e. The topological polar surface area (TPSA) is 139 Å². The van der Waals surface area contributed by atoms with Gasteiger partial charge in [-0.1, -0.05) is 0 Å². The molecule has 1 saturated heterocycles. The smallest absolute Gasteiger partial charge is 0.302 e. The van der Waals surface area contributed by atoms with Gasteiger partial charge in [-0.2, -0.15) is 0 Å². The Morgan fingerprint density at radius 3 is 2.71 bits per heavy atom. The van der Waals surface area contributed by atoms with Gasteiger partial charge in [0.25, 0.3) is 11.6 Å². The maximum atomic E-state index is 12.8. The molecule has 1 aliphatic heterocycles. The summed E-state index contributed by atoms with van der Waals surface area (Å²) >= 11 is 0. The van der Waals surface area contributed by atoms with Crippen LogP contribution in [0.2, 0.25) is 0 Å². The number of ether oxygens (including phenoxy) is 1. The molecule has 0 radical (unpaired) electrons. The van der Waals surface area contributed by atoms with Gasteiger partial charge in [-0.25, -0.2) is 0 Å². The molecule has 0 aromatic heterocycles. The van der Waals surface area contributed by atoms with E-state index in [2.05, 4.69) is 5.32 Å². The Hall–Kier alpha value is -3.01. The molecule has 2 atom stereocenters. The van der Waals surface area contributed by atoms with E-state index in [1.54, 1.807) is 6.92 Å². The zero-order chi connectivity index (χ0) is 20.8. The molecular formula is C18H23N3O7. The summed E-state index contributed by atoms with van der Waals surface area (Å²) in [7, 11) is 0. The zero-order valence-electron chi connectivity index (χ0n) is 15.7. The van der Waals surface area contributed by atoms with Crippen molar-refractivity contribution < 1.29 is 29.2 Å². The van der Waals surface area contributed by atoms with Gasteiger partial charge >= 0.3 is 5.97 Å². The predicted octanol–water partition coefficient (Wildman–Crippen LogP) is 0.548. The maximum absolute atomic E-state index is 12.8. The minimum absolute atomic E-state index is 0.0801. The van der Waals surface area contributed by atoms with Crippen molar-refractivity contribution in [2.45, 2.75) is 38.8 Å². The molecule has 28 heavy (non-hydrogen) atoms. The molecule has 0 saturated carbocycles. The van der Waals surface area contributed by atoms with Gasteiger partial charge in [0, 0.05) is 30.7 Å². The van der Waals surface area contributed by atoms with Crippen LogP contribution in [0.15, 0.2) is 18.2 Å².